The lowest BCUT2D eigenvalue weighted by Gasteiger charge is -2.30. The van der Waals surface area contributed by atoms with Gasteiger partial charge >= 0.3 is 11.9 Å². The van der Waals surface area contributed by atoms with E-state index < -0.39 is 83.8 Å². The second kappa shape index (κ2) is 19.0. The number of nitrogens with two attached hydrogens (primary N) is 2. The van der Waals surface area contributed by atoms with Crippen molar-refractivity contribution < 1.29 is 43.8 Å². The molecule has 1 aliphatic heterocycles. The first-order valence-corrected chi connectivity index (χ1v) is 15.9. The maximum Gasteiger partial charge on any atom is 0.307 e. The lowest BCUT2D eigenvalue weighted by molar-refractivity contribution is -0.145. The number of nitrogens with zero attached hydrogens (tertiary/aromatic N) is 2. The zero-order valence-corrected chi connectivity index (χ0v) is 27.5. The van der Waals surface area contributed by atoms with Gasteiger partial charge in [0.15, 0.2) is 11.7 Å². The second-order valence-electron chi connectivity index (χ2n) is 12.2. The molecular formula is C32H47N7O9. The number of carboxylic acids is 2. The van der Waals surface area contributed by atoms with Gasteiger partial charge < -0.3 is 42.5 Å². The number of carbonyl (C=O) groups excluding carboxylic acids is 5. The van der Waals surface area contributed by atoms with Crippen LogP contribution in [0.5, 0.6) is 0 Å². The lowest BCUT2D eigenvalue weighted by Crippen LogP contribution is -2.58. The van der Waals surface area contributed by atoms with Crippen molar-refractivity contribution in [3.63, 3.8) is 0 Å². The van der Waals surface area contributed by atoms with E-state index in [0.29, 0.717) is 12.8 Å². The normalized spacial score (nSPS) is 16.6. The number of carbonyl (C=O) groups is 7. The SMILES string of the molecule is CC(=O)N[C@@H](CCCN=C(N)N)C(=O)N1CCC[C@H]1C(=O)N[C@@H](CC(=O)O)C(=O)N[C@H](C(=O)C[C@H](Cc1ccccc1)C(=O)O)C(C)C. The van der Waals surface area contributed by atoms with E-state index in [1.807, 2.05) is 0 Å². The maximum absolute atomic E-state index is 13.5. The Balaban J connectivity index is 2.17. The number of amides is 4. The van der Waals surface area contributed by atoms with Gasteiger partial charge in [0, 0.05) is 26.4 Å². The number of guanidine groups is 1. The molecule has 1 heterocycles. The summed E-state index contributed by atoms with van der Waals surface area (Å²) in [5.41, 5.74) is 11.4. The smallest absolute Gasteiger partial charge is 0.307 e. The van der Waals surface area contributed by atoms with Crippen molar-refractivity contribution in [1.82, 2.24) is 20.9 Å². The molecule has 0 spiro atoms. The molecule has 2 rings (SSSR count). The molecule has 0 aromatic heterocycles. The molecule has 0 bridgehead atoms. The van der Waals surface area contributed by atoms with Crippen LogP contribution < -0.4 is 27.4 Å². The second-order valence-corrected chi connectivity index (χ2v) is 12.2. The summed E-state index contributed by atoms with van der Waals surface area (Å²) < 4.78 is 0. The summed E-state index contributed by atoms with van der Waals surface area (Å²) in [5, 5.41) is 26.8. The fourth-order valence-electron chi connectivity index (χ4n) is 5.55. The number of nitrogens with one attached hydrogen (secondary N) is 3. The summed E-state index contributed by atoms with van der Waals surface area (Å²) in [6.07, 6.45) is 0.0985. The van der Waals surface area contributed by atoms with Crippen LogP contribution >= 0.6 is 0 Å². The van der Waals surface area contributed by atoms with Crippen LogP contribution in [0.4, 0.5) is 0 Å². The van der Waals surface area contributed by atoms with Crippen LogP contribution in [-0.4, -0.2) is 99.7 Å². The lowest BCUT2D eigenvalue weighted by atomic mass is 9.89. The molecule has 264 valence electrons. The monoisotopic (exact) mass is 673 g/mol. The van der Waals surface area contributed by atoms with E-state index in [-0.39, 0.29) is 44.7 Å². The molecule has 5 atom stereocenters. The number of likely N-dealkylation sites (tertiary alicyclic amines) is 1. The van der Waals surface area contributed by atoms with E-state index in [1.54, 1.807) is 44.2 Å². The molecule has 48 heavy (non-hydrogen) atoms. The van der Waals surface area contributed by atoms with Crippen molar-refractivity contribution in [2.45, 2.75) is 89.9 Å². The molecule has 1 aromatic carbocycles. The Hall–Kier alpha value is -5.02. The first-order chi connectivity index (χ1) is 22.6. The van der Waals surface area contributed by atoms with Crippen LogP contribution in [-0.2, 0) is 40.0 Å². The number of Topliss-reactive ketones (excluding diaryl/α,β-unsaturated/α-hetero) is 1. The highest BCUT2D eigenvalue weighted by atomic mass is 16.4. The van der Waals surface area contributed by atoms with Crippen LogP contribution in [0.1, 0.15) is 64.9 Å². The minimum atomic E-state index is -1.60. The number of hydrogen-bond acceptors (Lipinski definition) is 8. The molecule has 1 aliphatic rings. The average molecular weight is 674 g/mol. The summed E-state index contributed by atoms with van der Waals surface area (Å²) in [4.78, 5) is 94.3. The fraction of sp³-hybridized carbons (Fsp3) is 0.562. The average Bonchev–Trinajstić information content (AvgIpc) is 3.50. The highest BCUT2D eigenvalue weighted by Gasteiger charge is 2.39. The standard InChI is InChI=1S/C32H47N7O9/c1-18(2)27(25(41)16-21(31(47)48)15-20-9-5-4-6-10-20)38-28(44)23(17-26(42)43)37-29(45)24-12-8-14-39(24)30(46)22(36-19(3)40)11-7-13-35-32(33)34/h4-6,9-10,18,21-24,27H,7-8,11-17H2,1-3H3,(H,36,40)(H,37,45)(H,38,44)(H,42,43)(H,47,48)(H4,33,34,35)/t21-,22-,23-,24-,27-/m0/s1. The van der Waals surface area contributed by atoms with Gasteiger partial charge in [-0.25, -0.2) is 0 Å². The molecule has 1 fully saturated rings. The van der Waals surface area contributed by atoms with Crippen molar-refractivity contribution in [3.8, 4) is 0 Å². The Labute approximate surface area is 279 Å². The third-order valence-electron chi connectivity index (χ3n) is 7.90. The molecule has 16 nitrogen and oxygen atoms in total. The van der Waals surface area contributed by atoms with Gasteiger partial charge in [-0.05, 0) is 43.6 Å². The molecule has 4 amide bonds. The molecule has 0 saturated carbocycles. The maximum atomic E-state index is 13.5. The van der Waals surface area contributed by atoms with Crippen molar-refractivity contribution in [2.24, 2.45) is 28.3 Å². The van der Waals surface area contributed by atoms with Crippen molar-refractivity contribution in [1.29, 1.82) is 0 Å². The Bertz CT molecular complexity index is 1350. The minimum absolute atomic E-state index is 0.0913. The summed E-state index contributed by atoms with van der Waals surface area (Å²) in [6, 6.07) is 3.99. The van der Waals surface area contributed by atoms with E-state index >= 15 is 0 Å². The number of rotatable bonds is 19. The van der Waals surface area contributed by atoms with E-state index in [0.717, 1.165) is 5.56 Å². The van der Waals surface area contributed by atoms with E-state index in [9.17, 15) is 43.8 Å². The first kappa shape index (κ1) is 39.2. The minimum Gasteiger partial charge on any atom is -0.481 e. The largest absolute Gasteiger partial charge is 0.481 e. The number of aliphatic carboxylic acids is 2. The highest BCUT2D eigenvalue weighted by Crippen LogP contribution is 2.21. The van der Waals surface area contributed by atoms with Gasteiger partial charge in [0.05, 0.1) is 18.4 Å². The van der Waals surface area contributed by atoms with E-state index in [2.05, 4.69) is 20.9 Å². The van der Waals surface area contributed by atoms with Gasteiger partial charge in [-0.2, -0.15) is 0 Å². The molecule has 0 aliphatic carbocycles. The van der Waals surface area contributed by atoms with Crippen molar-refractivity contribution in [2.75, 3.05) is 13.1 Å². The fourth-order valence-corrected chi connectivity index (χ4v) is 5.55. The molecule has 0 radical (unpaired) electrons. The Morgan fingerprint density at radius 1 is 0.958 bits per heavy atom. The van der Waals surface area contributed by atoms with Gasteiger partial charge in [0.2, 0.25) is 23.6 Å². The summed E-state index contributed by atoms with van der Waals surface area (Å²) in [7, 11) is 0. The van der Waals surface area contributed by atoms with Gasteiger partial charge in [0.1, 0.15) is 18.1 Å². The van der Waals surface area contributed by atoms with Crippen LogP contribution in [0, 0.1) is 11.8 Å². The van der Waals surface area contributed by atoms with Crippen molar-refractivity contribution >= 4 is 47.3 Å². The van der Waals surface area contributed by atoms with Gasteiger partial charge in [0.25, 0.3) is 0 Å². The highest BCUT2D eigenvalue weighted by molar-refractivity contribution is 5.97. The van der Waals surface area contributed by atoms with E-state index in [4.69, 9.17) is 11.5 Å². The topological polar surface area (TPSA) is 264 Å². The number of ketones is 1. The van der Waals surface area contributed by atoms with Crippen LogP contribution in [0.15, 0.2) is 35.3 Å². The number of benzene rings is 1. The summed E-state index contributed by atoms with van der Waals surface area (Å²) >= 11 is 0. The first-order valence-electron chi connectivity index (χ1n) is 15.9. The van der Waals surface area contributed by atoms with Crippen molar-refractivity contribution in [3.05, 3.63) is 35.9 Å². The Kier molecular flexibility index (Phi) is 15.5. The number of hydrogen-bond donors (Lipinski definition) is 7. The van der Waals surface area contributed by atoms with Gasteiger partial charge in [-0.3, -0.25) is 38.6 Å². The van der Waals surface area contributed by atoms with Crippen LogP contribution in [0.25, 0.3) is 0 Å². The third-order valence-corrected chi connectivity index (χ3v) is 7.90. The molecule has 1 aromatic rings. The summed E-state index contributed by atoms with van der Waals surface area (Å²) in [6.45, 7) is 4.94. The molecule has 16 heteroatoms. The molecule has 0 unspecified atom stereocenters. The predicted octanol–water partition coefficient (Wildman–Crippen LogP) is -0.461. The quantitative estimate of drug-likeness (QED) is 0.0561. The molecule has 9 N–H and O–H groups in total. The van der Waals surface area contributed by atoms with Crippen LogP contribution in [0.3, 0.4) is 0 Å². The van der Waals surface area contributed by atoms with Gasteiger partial charge in [-0.15, -0.1) is 0 Å². The van der Waals surface area contributed by atoms with E-state index in [1.165, 1.54) is 11.8 Å². The third kappa shape index (κ3) is 12.6. The number of aliphatic imine (C=N–C) groups is 1. The Morgan fingerprint density at radius 2 is 1.62 bits per heavy atom. The zero-order valence-electron chi connectivity index (χ0n) is 27.5. The molecule has 1 saturated heterocycles. The van der Waals surface area contributed by atoms with Gasteiger partial charge in [-0.1, -0.05) is 44.2 Å². The molecular weight excluding hydrogens is 626 g/mol. The summed E-state index contributed by atoms with van der Waals surface area (Å²) in [5.74, 6) is -7.52. The predicted molar refractivity (Wildman–Crippen MR) is 174 cm³/mol. The zero-order chi connectivity index (χ0) is 36.0. The van der Waals surface area contributed by atoms with Crippen LogP contribution in [0.2, 0.25) is 0 Å². The number of carboxylic acid groups (broad SMARTS) is 2. The Morgan fingerprint density at radius 3 is 2.19 bits per heavy atom.